The Kier molecular flexibility index (Phi) is 7.06. The molecule has 1 N–H and O–H groups in total. The van der Waals surface area contributed by atoms with E-state index in [1.54, 1.807) is 13.0 Å². The highest BCUT2D eigenvalue weighted by Gasteiger charge is 2.35. The highest BCUT2D eigenvalue weighted by molar-refractivity contribution is 9.10. The van der Waals surface area contributed by atoms with Crippen LogP contribution in [0.25, 0.3) is 17.0 Å². The molecule has 0 bridgehead atoms. The van der Waals surface area contributed by atoms with Crippen molar-refractivity contribution in [2.75, 3.05) is 31.7 Å². The van der Waals surface area contributed by atoms with Gasteiger partial charge in [-0.05, 0) is 38.8 Å². The molecule has 0 radical (unpaired) electrons. The first-order chi connectivity index (χ1) is 16.3. The minimum atomic E-state index is -1.46. The minimum absolute atomic E-state index is 0.260. The fraction of sp³-hybridized carbons (Fsp3) is 0.400. The first kappa shape index (κ1) is 24.4. The molecule has 0 unspecified atom stereocenters. The summed E-state index contributed by atoms with van der Waals surface area (Å²) in [6.45, 7) is 9.48. The summed E-state index contributed by atoms with van der Waals surface area (Å²) in [6, 6.07) is 7.87. The number of carbonyl (C=O) groups is 1. The van der Waals surface area contributed by atoms with E-state index in [1.807, 2.05) is 34.9 Å². The smallest absolute Gasteiger partial charge is 0.339 e. The third-order valence-corrected chi connectivity index (χ3v) is 6.80. The highest BCUT2D eigenvalue weighted by Crippen LogP contribution is 2.36. The number of aryl methyl sites for hydroxylation is 1. The second kappa shape index (κ2) is 9.85. The molecule has 3 aromatic rings. The molecule has 180 valence electrons. The van der Waals surface area contributed by atoms with Crippen LogP contribution in [0.3, 0.4) is 0 Å². The SMILES string of the molecule is C=CCOC1(C)CCN(c2c([C@H](O)C(=O)OC)c(C)nc3nc(-c4cccc(Br)c4)cn23)CC1. The molecule has 0 saturated carbocycles. The van der Waals surface area contributed by atoms with E-state index >= 15 is 0 Å². The number of carbonyl (C=O) groups excluding carboxylic acids is 1. The number of fused-ring (bicyclic) bond motifs is 1. The highest BCUT2D eigenvalue weighted by atomic mass is 79.9. The van der Waals surface area contributed by atoms with Gasteiger partial charge in [-0.25, -0.2) is 14.8 Å². The number of aromatic nitrogens is 3. The van der Waals surface area contributed by atoms with Crippen LogP contribution in [-0.2, 0) is 14.3 Å². The van der Waals surface area contributed by atoms with E-state index in [-0.39, 0.29) is 5.60 Å². The Balaban J connectivity index is 1.82. The summed E-state index contributed by atoms with van der Waals surface area (Å²) in [5.74, 6) is 0.466. The van der Waals surface area contributed by atoms with Gasteiger partial charge >= 0.3 is 5.97 Å². The van der Waals surface area contributed by atoms with Gasteiger partial charge < -0.3 is 19.5 Å². The number of nitrogens with zero attached hydrogens (tertiary/aromatic N) is 4. The molecule has 1 aliphatic rings. The Labute approximate surface area is 207 Å². The Morgan fingerprint density at radius 1 is 1.35 bits per heavy atom. The van der Waals surface area contributed by atoms with Crippen LogP contribution in [-0.4, -0.2) is 57.9 Å². The number of methoxy groups -OCH3 is 1. The Hall–Kier alpha value is -2.75. The van der Waals surface area contributed by atoms with E-state index in [9.17, 15) is 9.90 Å². The monoisotopic (exact) mass is 528 g/mol. The number of rotatable bonds is 7. The van der Waals surface area contributed by atoms with Gasteiger partial charge in [0, 0.05) is 29.3 Å². The van der Waals surface area contributed by atoms with Gasteiger partial charge in [0.15, 0.2) is 6.10 Å². The molecule has 1 aromatic carbocycles. The molecule has 8 nitrogen and oxygen atoms in total. The molecule has 1 aliphatic heterocycles. The Morgan fingerprint density at radius 2 is 2.09 bits per heavy atom. The summed E-state index contributed by atoms with van der Waals surface area (Å²) in [5, 5.41) is 10.9. The number of piperidine rings is 1. The number of ether oxygens (including phenoxy) is 2. The molecule has 1 saturated heterocycles. The van der Waals surface area contributed by atoms with Crippen molar-refractivity contribution in [2.45, 2.75) is 38.4 Å². The van der Waals surface area contributed by atoms with Crippen LogP contribution in [0.1, 0.15) is 37.1 Å². The second-order valence-electron chi connectivity index (χ2n) is 8.70. The zero-order chi connectivity index (χ0) is 24.5. The van der Waals surface area contributed by atoms with Gasteiger partial charge in [-0.15, -0.1) is 6.58 Å². The molecular weight excluding hydrogens is 500 g/mol. The average molecular weight is 529 g/mol. The number of aliphatic hydroxyl groups is 1. The van der Waals surface area contributed by atoms with Crippen molar-refractivity contribution in [3.05, 3.63) is 58.8 Å². The fourth-order valence-electron chi connectivity index (χ4n) is 4.36. The van der Waals surface area contributed by atoms with E-state index in [0.717, 1.165) is 28.6 Å². The maximum atomic E-state index is 12.3. The van der Waals surface area contributed by atoms with Crippen LogP contribution in [0.15, 0.2) is 47.6 Å². The van der Waals surface area contributed by atoms with Gasteiger partial charge in [0.1, 0.15) is 5.82 Å². The lowest BCUT2D eigenvalue weighted by Crippen LogP contribution is -2.45. The summed E-state index contributed by atoms with van der Waals surface area (Å²) in [7, 11) is 1.26. The number of hydrogen-bond donors (Lipinski definition) is 1. The number of hydrogen-bond acceptors (Lipinski definition) is 7. The Morgan fingerprint density at radius 3 is 2.74 bits per heavy atom. The molecule has 0 aliphatic carbocycles. The van der Waals surface area contributed by atoms with Crippen molar-refractivity contribution in [3.8, 4) is 11.3 Å². The lowest BCUT2D eigenvalue weighted by Gasteiger charge is -2.41. The Bertz CT molecular complexity index is 1220. The van der Waals surface area contributed by atoms with Crippen LogP contribution < -0.4 is 4.90 Å². The summed E-state index contributed by atoms with van der Waals surface area (Å²) in [5.41, 5.74) is 2.37. The maximum absolute atomic E-state index is 12.3. The predicted molar refractivity (Wildman–Crippen MR) is 134 cm³/mol. The topological polar surface area (TPSA) is 89.2 Å². The lowest BCUT2D eigenvalue weighted by atomic mass is 9.92. The molecule has 0 spiro atoms. The lowest BCUT2D eigenvalue weighted by molar-refractivity contribution is -0.150. The minimum Gasteiger partial charge on any atom is -0.467 e. The van der Waals surface area contributed by atoms with Crippen molar-refractivity contribution in [2.24, 2.45) is 0 Å². The summed E-state index contributed by atoms with van der Waals surface area (Å²) < 4.78 is 13.7. The number of aliphatic hydroxyl groups excluding tert-OH is 1. The number of imidazole rings is 1. The van der Waals surface area contributed by atoms with Crippen molar-refractivity contribution in [1.82, 2.24) is 14.4 Å². The second-order valence-corrected chi connectivity index (χ2v) is 9.62. The van der Waals surface area contributed by atoms with E-state index in [4.69, 9.17) is 14.5 Å². The first-order valence-electron chi connectivity index (χ1n) is 11.2. The first-order valence-corrected chi connectivity index (χ1v) is 12.0. The number of halogens is 1. The van der Waals surface area contributed by atoms with Crippen molar-refractivity contribution in [3.63, 3.8) is 0 Å². The zero-order valence-corrected chi connectivity index (χ0v) is 21.2. The van der Waals surface area contributed by atoms with Crippen molar-refractivity contribution in [1.29, 1.82) is 0 Å². The third kappa shape index (κ3) is 4.73. The molecule has 2 aromatic heterocycles. The van der Waals surface area contributed by atoms with E-state index in [0.29, 0.717) is 42.5 Å². The molecule has 4 rings (SSSR count). The number of benzene rings is 1. The quantitative estimate of drug-likeness (QED) is 0.362. The van der Waals surface area contributed by atoms with Crippen LogP contribution in [0.5, 0.6) is 0 Å². The van der Waals surface area contributed by atoms with Crippen LogP contribution in [0, 0.1) is 6.92 Å². The summed E-state index contributed by atoms with van der Waals surface area (Å²) >= 11 is 3.51. The predicted octanol–water partition coefficient (Wildman–Crippen LogP) is 4.24. The zero-order valence-electron chi connectivity index (χ0n) is 19.6. The molecule has 1 atom stereocenters. The van der Waals surface area contributed by atoms with Gasteiger partial charge in [0.2, 0.25) is 5.78 Å². The van der Waals surface area contributed by atoms with Gasteiger partial charge in [-0.2, -0.15) is 0 Å². The summed E-state index contributed by atoms with van der Waals surface area (Å²) in [6.07, 6.45) is 3.76. The largest absolute Gasteiger partial charge is 0.467 e. The molecule has 3 heterocycles. The van der Waals surface area contributed by atoms with E-state index in [2.05, 4.69) is 39.3 Å². The number of anilines is 1. The summed E-state index contributed by atoms with van der Waals surface area (Å²) in [4.78, 5) is 23.9. The fourth-order valence-corrected chi connectivity index (χ4v) is 4.76. The average Bonchev–Trinajstić information content (AvgIpc) is 3.25. The van der Waals surface area contributed by atoms with Gasteiger partial charge in [-0.1, -0.05) is 34.1 Å². The molecule has 9 heteroatoms. The van der Waals surface area contributed by atoms with Crippen LogP contribution in [0.2, 0.25) is 0 Å². The van der Waals surface area contributed by atoms with Gasteiger partial charge in [0.25, 0.3) is 0 Å². The third-order valence-electron chi connectivity index (χ3n) is 6.30. The van der Waals surface area contributed by atoms with E-state index in [1.165, 1.54) is 7.11 Å². The molecule has 1 fully saturated rings. The van der Waals surface area contributed by atoms with Crippen molar-refractivity contribution >= 4 is 33.5 Å². The standard InChI is InChI=1S/C25H29BrN4O4/c1-5-13-34-25(3)9-11-29(12-10-25)22-20(21(31)23(32)33-4)16(2)27-24-28-19(15-30(22)24)17-7-6-8-18(26)14-17/h5-8,14-15,21,31H,1,9-13H2,2-4H3/t21-/m0/s1. The van der Waals surface area contributed by atoms with Crippen LogP contribution in [0.4, 0.5) is 5.82 Å². The molecule has 0 amide bonds. The maximum Gasteiger partial charge on any atom is 0.339 e. The van der Waals surface area contributed by atoms with Crippen molar-refractivity contribution < 1.29 is 19.4 Å². The molecule has 34 heavy (non-hydrogen) atoms. The number of esters is 1. The van der Waals surface area contributed by atoms with E-state index < -0.39 is 12.1 Å². The normalized spacial score (nSPS) is 16.4. The van der Waals surface area contributed by atoms with Gasteiger partial charge in [0.05, 0.1) is 36.3 Å². The van der Waals surface area contributed by atoms with Gasteiger partial charge in [-0.3, -0.25) is 4.40 Å². The van der Waals surface area contributed by atoms with Crippen LogP contribution >= 0.6 is 15.9 Å². The molecular formula is C25H29BrN4O4.